The monoisotopic (exact) mass is 285 g/mol. The van der Waals surface area contributed by atoms with Gasteiger partial charge in [-0.1, -0.05) is 0 Å². The number of rotatable bonds is 2. The Kier molecular flexibility index (Phi) is 3.91. The molecule has 0 aromatic rings. The van der Waals surface area contributed by atoms with Gasteiger partial charge in [-0.15, -0.1) is 0 Å². The number of hydrogen-bond donors (Lipinski definition) is 0. The Hall–Kier alpha value is 0.0112. The van der Waals surface area contributed by atoms with Crippen LogP contribution in [0.15, 0.2) is 20.5 Å². The molecule has 1 fully saturated rings. The van der Waals surface area contributed by atoms with E-state index in [9.17, 15) is 0 Å². The molecule has 1 aliphatic heterocycles. The van der Waals surface area contributed by atoms with Crippen LogP contribution in [0.3, 0.4) is 0 Å². The van der Waals surface area contributed by atoms with Gasteiger partial charge in [0.1, 0.15) is 0 Å². The molecule has 0 bridgehead atoms. The van der Waals surface area contributed by atoms with Gasteiger partial charge in [0.25, 0.3) is 0 Å². The van der Waals surface area contributed by atoms with Gasteiger partial charge in [0.2, 0.25) is 0 Å². The summed E-state index contributed by atoms with van der Waals surface area (Å²) in [6, 6.07) is 0. The average molecular weight is 285 g/mol. The van der Waals surface area contributed by atoms with Crippen LogP contribution in [0.1, 0.15) is 6.42 Å². The standard InChI is InChI=1S/C11H19N2Si.2CH3.Ti/c1-12-7-8-13(2)11-9(12)5-6-10(11)14(3)4;;;/h14H,6-8H2,1-4H3;2*1H3;. The van der Waals surface area contributed by atoms with E-state index in [2.05, 4.69) is 47.4 Å². The van der Waals surface area contributed by atoms with Gasteiger partial charge in [-0.25, -0.2) is 0 Å². The first-order chi connectivity index (χ1) is 7.93. The summed E-state index contributed by atoms with van der Waals surface area (Å²) in [6.45, 7) is 7.35. The Labute approximate surface area is 114 Å². The van der Waals surface area contributed by atoms with Crippen molar-refractivity contribution in [3.05, 3.63) is 20.5 Å². The zero-order chi connectivity index (χ0) is 12.7. The van der Waals surface area contributed by atoms with Gasteiger partial charge in [-0.2, -0.15) is 0 Å². The third-order valence-electron chi connectivity index (χ3n) is 4.02. The van der Waals surface area contributed by atoms with E-state index in [-0.39, 0.29) is 0 Å². The molecule has 1 heterocycles. The molecule has 0 saturated carbocycles. The van der Waals surface area contributed by atoms with Crippen LogP contribution in [-0.2, 0) is 17.9 Å². The topological polar surface area (TPSA) is 6.48 Å². The molecule has 0 unspecified atom stereocenters. The van der Waals surface area contributed by atoms with E-state index >= 15 is 0 Å². The van der Waals surface area contributed by atoms with Crippen LogP contribution in [0.4, 0.5) is 0 Å². The normalized spacial score (nSPS) is 20.6. The molecule has 17 heavy (non-hydrogen) atoms. The van der Waals surface area contributed by atoms with Crippen LogP contribution in [0, 0.1) is 0 Å². The second-order valence-corrected chi connectivity index (χ2v) is 12.9. The van der Waals surface area contributed by atoms with E-state index < -0.39 is 26.7 Å². The van der Waals surface area contributed by atoms with E-state index in [0.717, 1.165) is 0 Å². The first-order valence-corrected chi connectivity index (χ1v) is 13.4. The summed E-state index contributed by atoms with van der Waals surface area (Å²) in [5.41, 5.74) is 3.26. The van der Waals surface area contributed by atoms with E-state index in [4.69, 9.17) is 0 Å². The molecule has 0 aromatic carbocycles. The van der Waals surface area contributed by atoms with Crippen molar-refractivity contribution in [2.45, 2.75) is 30.0 Å². The predicted molar refractivity (Wildman–Crippen MR) is 74.5 cm³/mol. The Morgan fingerprint density at radius 1 is 1.00 bits per heavy atom. The summed E-state index contributed by atoms with van der Waals surface area (Å²) in [6.07, 6.45) is 1.32. The van der Waals surface area contributed by atoms with Crippen LogP contribution in [0.25, 0.3) is 0 Å². The quantitative estimate of drug-likeness (QED) is 0.719. The number of piperazine rings is 1. The molecular weight excluding hydrogens is 260 g/mol. The summed E-state index contributed by atoms with van der Waals surface area (Å²) < 4.78 is 1.84. The van der Waals surface area contributed by atoms with Gasteiger partial charge < -0.3 is 0 Å². The Balaban J connectivity index is 2.49. The molecule has 95 valence electrons. The summed E-state index contributed by atoms with van der Waals surface area (Å²) in [5.74, 6) is 0. The van der Waals surface area contributed by atoms with Gasteiger partial charge in [0.05, 0.1) is 0 Å². The van der Waals surface area contributed by atoms with Gasteiger partial charge in [0, 0.05) is 0 Å². The van der Waals surface area contributed by atoms with Crippen LogP contribution >= 0.6 is 0 Å². The maximum absolute atomic E-state index is 2.52. The maximum atomic E-state index is 2.52. The Morgan fingerprint density at radius 2 is 1.53 bits per heavy atom. The van der Waals surface area contributed by atoms with Crippen molar-refractivity contribution in [3.8, 4) is 0 Å². The molecule has 0 N–H and O–H groups in total. The van der Waals surface area contributed by atoms with E-state index in [1.165, 1.54) is 19.5 Å². The number of hydrogen-bond acceptors (Lipinski definition) is 2. The fourth-order valence-electron chi connectivity index (χ4n) is 2.90. The summed E-state index contributed by atoms with van der Waals surface area (Å²) in [4.78, 5) is 5.04. The molecule has 1 aliphatic carbocycles. The zero-order valence-corrected chi connectivity index (χ0v) is 14.8. The molecular formula is C13H25N2SiTi. The SMILES string of the molecule is CN1CCN(C)C2=[C]([Ti]([CH3])[CH3])CC([SiH](C)C)=C21. The van der Waals surface area contributed by atoms with Crippen molar-refractivity contribution in [2.75, 3.05) is 27.2 Å². The molecule has 0 amide bonds. The molecule has 0 aromatic heterocycles. The van der Waals surface area contributed by atoms with Crippen LogP contribution in [-0.4, -0.2) is 45.8 Å². The van der Waals surface area contributed by atoms with Crippen molar-refractivity contribution in [1.29, 1.82) is 0 Å². The third-order valence-corrected chi connectivity index (χ3v) is 8.42. The first kappa shape index (κ1) is 13.4. The zero-order valence-electron chi connectivity index (χ0n) is 12.1. The van der Waals surface area contributed by atoms with E-state index in [1.807, 2.05) is 9.07 Å². The predicted octanol–water partition coefficient (Wildman–Crippen LogP) is 2.47. The Bertz CT molecular complexity index is 349. The minimum absolute atomic E-state index is 0.666. The molecule has 2 aliphatic rings. The first-order valence-electron chi connectivity index (χ1n) is 6.62. The van der Waals surface area contributed by atoms with Crippen molar-refractivity contribution >= 4 is 8.80 Å². The van der Waals surface area contributed by atoms with E-state index in [1.54, 1.807) is 11.4 Å². The summed E-state index contributed by atoms with van der Waals surface area (Å²) in [7, 11) is 3.90. The van der Waals surface area contributed by atoms with E-state index in [0.29, 0.717) is 0 Å². The molecule has 0 spiro atoms. The number of allylic oxidation sites excluding steroid dienone is 2. The van der Waals surface area contributed by atoms with Gasteiger partial charge >= 0.3 is 114 Å². The van der Waals surface area contributed by atoms with Crippen molar-refractivity contribution < 1.29 is 17.9 Å². The number of likely N-dealkylation sites (N-methyl/N-ethyl adjacent to an activating group) is 2. The summed E-state index contributed by atoms with van der Waals surface area (Å²) >= 11 is -0.941. The molecule has 1 saturated heterocycles. The van der Waals surface area contributed by atoms with Crippen LogP contribution in [0.2, 0.25) is 23.6 Å². The molecule has 2 rings (SSSR count). The molecule has 4 heteroatoms. The second-order valence-electron chi connectivity index (χ2n) is 5.88. The van der Waals surface area contributed by atoms with Crippen molar-refractivity contribution in [1.82, 2.24) is 9.80 Å². The average Bonchev–Trinajstić information content (AvgIpc) is 2.64. The number of fused-ring (bicyclic) bond motifs is 1. The van der Waals surface area contributed by atoms with Crippen LogP contribution in [0.5, 0.6) is 0 Å². The fourth-order valence-corrected chi connectivity index (χ4v) is 6.81. The molecule has 0 atom stereocenters. The number of nitrogens with zero attached hydrogens (tertiary/aromatic N) is 2. The van der Waals surface area contributed by atoms with Gasteiger partial charge in [-0.3, -0.25) is 0 Å². The van der Waals surface area contributed by atoms with Crippen molar-refractivity contribution in [2.24, 2.45) is 0 Å². The minimum atomic E-state index is -0.941. The fraction of sp³-hybridized carbons (Fsp3) is 0.692. The summed E-state index contributed by atoms with van der Waals surface area (Å²) in [5, 5.41) is 6.83. The van der Waals surface area contributed by atoms with Gasteiger partial charge in [0.15, 0.2) is 0 Å². The van der Waals surface area contributed by atoms with Gasteiger partial charge in [-0.05, 0) is 0 Å². The molecule has 2 nitrogen and oxygen atoms in total. The third kappa shape index (κ3) is 2.29. The van der Waals surface area contributed by atoms with Crippen LogP contribution < -0.4 is 0 Å². The second kappa shape index (κ2) is 4.94. The Morgan fingerprint density at radius 3 is 2.00 bits per heavy atom. The molecule has 0 radical (unpaired) electrons. The van der Waals surface area contributed by atoms with Crippen molar-refractivity contribution in [3.63, 3.8) is 0 Å².